The number of hydrogen-bond donors (Lipinski definition) is 0. The number of anilines is 2. The van der Waals surface area contributed by atoms with E-state index in [4.69, 9.17) is 9.47 Å². The summed E-state index contributed by atoms with van der Waals surface area (Å²) in [6.07, 6.45) is 0. The van der Waals surface area contributed by atoms with Crippen LogP contribution in [-0.2, 0) is 0 Å². The van der Waals surface area contributed by atoms with Crippen LogP contribution in [0.25, 0.3) is 11.1 Å². The zero-order chi connectivity index (χ0) is 29.6. The van der Waals surface area contributed by atoms with Crippen molar-refractivity contribution >= 4 is 57.8 Å². The van der Waals surface area contributed by atoms with E-state index in [0.29, 0.717) is 0 Å². The Hall–Kier alpha value is -3.39. The molecule has 7 heteroatoms. The summed E-state index contributed by atoms with van der Waals surface area (Å²) in [6, 6.07) is 34.5. The smallest absolute Gasteiger partial charge is 0.118 e. The fourth-order valence-electron chi connectivity index (χ4n) is 4.70. The molecule has 1 aliphatic heterocycles. The minimum atomic E-state index is 0.850. The highest BCUT2D eigenvalue weighted by Gasteiger charge is 2.24. The minimum Gasteiger partial charge on any atom is -0.497 e. The number of benzene rings is 4. The van der Waals surface area contributed by atoms with Crippen LogP contribution >= 0.6 is 35.3 Å². The first-order valence-corrected chi connectivity index (χ1v) is 16.4. The van der Waals surface area contributed by atoms with Gasteiger partial charge in [0.2, 0.25) is 0 Å². The summed E-state index contributed by atoms with van der Waals surface area (Å²) in [7, 11) is 11.7. The monoisotopic (exact) mass is 612 g/mol. The van der Waals surface area contributed by atoms with E-state index in [-0.39, 0.29) is 0 Å². The van der Waals surface area contributed by atoms with E-state index in [2.05, 4.69) is 111 Å². The van der Waals surface area contributed by atoms with Gasteiger partial charge in [0.05, 0.1) is 22.7 Å². The first-order valence-electron chi connectivity index (χ1n) is 13.6. The molecule has 0 amide bonds. The van der Waals surface area contributed by atoms with Gasteiger partial charge in [-0.05, 0) is 70.8 Å². The largest absolute Gasteiger partial charge is 0.497 e. The molecule has 0 N–H and O–H groups in total. The van der Waals surface area contributed by atoms with E-state index in [9.17, 15) is 0 Å². The summed E-state index contributed by atoms with van der Waals surface area (Å²) in [5.74, 6) is 1.70. The van der Waals surface area contributed by atoms with E-state index in [1.807, 2.05) is 59.6 Å². The number of ether oxygens (including phenoxy) is 2. The second-order valence-corrected chi connectivity index (χ2v) is 14.0. The van der Waals surface area contributed by atoms with Crippen molar-refractivity contribution in [2.45, 2.75) is 0 Å². The van der Waals surface area contributed by atoms with Crippen molar-refractivity contribution in [3.63, 3.8) is 0 Å². The zero-order valence-electron chi connectivity index (χ0n) is 24.9. The van der Waals surface area contributed by atoms with Gasteiger partial charge in [-0.15, -0.1) is 23.5 Å². The highest BCUT2D eigenvalue weighted by molar-refractivity contribution is 8.39. The van der Waals surface area contributed by atoms with Crippen LogP contribution in [0, 0.1) is 0 Å². The Morgan fingerprint density at radius 2 is 0.810 bits per heavy atom. The molecule has 1 heterocycles. The summed E-state index contributed by atoms with van der Waals surface area (Å²) >= 11 is 5.69. The molecule has 5 rings (SSSR count). The summed E-state index contributed by atoms with van der Waals surface area (Å²) < 4.78 is 13.5. The maximum atomic E-state index is 5.46. The molecule has 42 heavy (non-hydrogen) atoms. The van der Waals surface area contributed by atoms with E-state index >= 15 is 0 Å². The van der Waals surface area contributed by atoms with E-state index < -0.39 is 0 Å². The molecule has 0 unspecified atom stereocenters. The molecule has 1 aliphatic rings. The molecular formula is C35H36N2O2S3. The first kappa shape index (κ1) is 30.1. The average Bonchev–Trinajstić information content (AvgIpc) is 3.03. The standard InChI is InChI=1S/C35H36N2O2S3/c1-36(2)28-15-7-24(8-16-28)32(25-9-17-29(18-10-25)37(3)4)34-40-23-41-35(42-34)33(26-11-19-30(38-5)20-12-26)27-13-21-31(39-6)22-14-27/h7-22H,23H2,1-6H3. The molecule has 1 saturated heterocycles. The molecule has 0 aromatic heterocycles. The van der Waals surface area contributed by atoms with Gasteiger partial charge in [-0.1, -0.05) is 60.3 Å². The molecular weight excluding hydrogens is 577 g/mol. The molecule has 0 saturated carbocycles. The Morgan fingerprint density at radius 1 is 0.500 bits per heavy atom. The number of methoxy groups -OCH3 is 2. The summed E-state index contributed by atoms with van der Waals surface area (Å²) in [6.45, 7) is 0. The Balaban J connectivity index is 1.67. The molecule has 0 spiro atoms. The number of nitrogens with zero attached hydrogens (tertiary/aromatic N) is 2. The van der Waals surface area contributed by atoms with Crippen molar-refractivity contribution in [2.75, 3.05) is 57.3 Å². The molecule has 1 fully saturated rings. The fraction of sp³-hybridized carbons (Fsp3) is 0.200. The zero-order valence-corrected chi connectivity index (χ0v) is 27.3. The highest BCUT2D eigenvalue weighted by Crippen LogP contribution is 2.55. The lowest BCUT2D eigenvalue weighted by Gasteiger charge is -2.24. The lowest BCUT2D eigenvalue weighted by molar-refractivity contribution is 0.414. The van der Waals surface area contributed by atoms with E-state index in [1.165, 1.54) is 42.1 Å². The van der Waals surface area contributed by atoms with Crippen LogP contribution < -0.4 is 19.3 Å². The van der Waals surface area contributed by atoms with Crippen LogP contribution in [0.1, 0.15) is 22.3 Å². The van der Waals surface area contributed by atoms with Gasteiger partial charge in [-0.3, -0.25) is 0 Å². The lowest BCUT2D eigenvalue weighted by Crippen LogP contribution is -2.08. The van der Waals surface area contributed by atoms with Crippen molar-refractivity contribution < 1.29 is 9.47 Å². The van der Waals surface area contributed by atoms with E-state index in [1.54, 1.807) is 14.2 Å². The maximum absolute atomic E-state index is 5.46. The normalized spacial score (nSPS) is 13.0. The van der Waals surface area contributed by atoms with Crippen LogP contribution in [-0.4, -0.2) is 47.5 Å². The van der Waals surface area contributed by atoms with Crippen LogP contribution in [0.2, 0.25) is 0 Å². The maximum Gasteiger partial charge on any atom is 0.118 e. The number of thioether (sulfide) groups is 3. The Labute approximate surface area is 262 Å². The Kier molecular flexibility index (Phi) is 9.83. The molecule has 216 valence electrons. The van der Waals surface area contributed by atoms with Crippen LogP contribution in [0.4, 0.5) is 11.4 Å². The Bertz CT molecular complexity index is 1460. The van der Waals surface area contributed by atoms with Gasteiger partial charge in [0, 0.05) is 55.8 Å². The quantitative estimate of drug-likeness (QED) is 0.196. The summed E-state index contributed by atoms with van der Waals surface area (Å²) in [4.78, 5) is 4.28. The highest BCUT2D eigenvalue weighted by atomic mass is 32.3. The third-order valence-corrected chi connectivity index (χ3v) is 10.9. The third-order valence-electron chi connectivity index (χ3n) is 7.08. The van der Waals surface area contributed by atoms with Gasteiger partial charge < -0.3 is 19.3 Å². The van der Waals surface area contributed by atoms with Crippen molar-refractivity contribution in [3.8, 4) is 11.5 Å². The first-order chi connectivity index (χ1) is 20.4. The summed E-state index contributed by atoms with van der Waals surface area (Å²) in [5, 5.41) is 0.933. The predicted octanol–water partition coefficient (Wildman–Crippen LogP) is 9.14. The van der Waals surface area contributed by atoms with Gasteiger partial charge in [0.1, 0.15) is 11.5 Å². The predicted molar refractivity (Wildman–Crippen MR) is 187 cm³/mol. The molecule has 0 aliphatic carbocycles. The average molecular weight is 613 g/mol. The number of rotatable bonds is 8. The molecule has 4 aromatic carbocycles. The molecule has 4 nitrogen and oxygen atoms in total. The number of hydrogen-bond acceptors (Lipinski definition) is 7. The van der Waals surface area contributed by atoms with Crippen molar-refractivity contribution in [3.05, 3.63) is 128 Å². The van der Waals surface area contributed by atoms with Crippen molar-refractivity contribution in [2.24, 2.45) is 0 Å². The SMILES string of the molecule is COc1ccc(C(=C2SCSC(=C(c3ccc(N(C)C)cc3)c3ccc(N(C)C)cc3)S2)c2ccc(OC)cc2)cc1. The molecule has 0 atom stereocenters. The molecule has 4 aromatic rings. The lowest BCUT2D eigenvalue weighted by atomic mass is 9.99. The van der Waals surface area contributed by atoms with Crippen LogP contribution in [0.5, 0.6) is 11.5 Å². The Morgan fingerprint density at radius 3 is 1.10 bits per heavy atom. The topological polar surface area (TPSA) is 24.9 Å². The van der Waals surface area contributed by atoms with Gasteiger partial charge >= 0.3 is 0 Å². The van der Waals surface area contributed by atoms with Crippen LogP contribution in [0.3, 0.4) is 0 Å². The van der Waals surface area contributed by atoms with Gasteiger partial charge in [-0.2, -0.15) is 0 Å². The van der Waals surface area contributed by atoms with Crippen molar-refractivity contribution in [1.29, 1.82) is 0 Å². The van der Waals surface area contributed by atoms with E-state index in [0.717, 1.165) is 27.7 Å². The van der Waals surface area contributed by atoms with Gasteiger partial charge in [0.25, 0.3) is 0 Å². The minimum absolute atomic E-state index is 0.850. The summed E-state index contributed by atoms with van der Waals surface area (Å²) in [5.41, 5.74) is 9.62. The van der Waals surface area contributed by atoms with Gasteiger partial charge in [0.15, 0.2) is 0 Å². The molecule has 0 radical (unpaired) electrons. The third kappa shape index (κ3) is 6.80. The van der Waals surface area contributed by atoms with Crippen LogP contribution in [0.15, 0.2) is 106 Å². The second kappa shape index (κ2) is 13.7. The van der Waals surface area contributed by atoms with Crippen molar-refractivity contribution in [1.82, 2.24) is 0 Å². The van der Waals surface area contributed by atoms with Gasteiger partial charge in [-0.25, -0.2) is 0 Å². The molecule has 0 bridgehead atoms. The fourth-order valence-corrected chi connectivity index (χ4v) is 9.39. The second-order valence-electron chi connectivity index (χ2n) is 10.2.